The molecule has 0 aromatic carbocycles. The van der Waals surface area contributed by atoms with Gasteiger partial charge >= 0.3 is 0 Å². The molecule has 118 valence electrons. The van der Waals surface area contributed by atoms with Gasteiger partial charge in [-0.15, -0.1) is 11.3 Å². The highest BCUT2D eigenvalue weighted by atomic mass is 32.1. The molecular formula is C17H17N3O2S. The normalized spacial score (nSPS) is 23.9. The second kappa shape index (κ2) is 5.77. The molecule has 0 radical (unpaired) electrons. The van der Waals surface area contributed by atoms with Gasteiger partial charge in [-0.1, -0.05) is 6.07 Å². The number of nitrogens with zero attached hydrogens (tertiary/aromatic N) is 3. The van der Waals surface area contributed by atoms with Crippen molar-refractivity contribution in [3.05, 3.63) is 46.9 Å². The lowest BCUT2D eigenvalue weighted by Gasteiger charge is -2.39. The summed E-state index contributed by atoms with van der Waals surface area (Å²) in [6.45, 7) is 0.704. The molecule has 2 saturated heterocycles. The first kappa shape index (κ1) is 14.4. The van der Waals surface area contributed by atoms with Gasteiger partial charge in [-0.3, -0.25) is 14.6 Å². The van der Waals surface area contributed by atoms with Crippen LogP contribution < -0.4 is 4.90 Å². The summed E-state index contributed by atoms with van der Waals surface area (Å²) in [4.78, 5) is 33.9. The average molecular weight is 327 g/mol. The summed E-state index contributed by atoms with van der Waals surface area (Å²) in [5, 5.41) is 1.92. The number of amides is 2. The molecule has 0 bridgehead atoms. The molecule has 0 spiro atoms. The fraction of sp³-hybridized carbons (Fsp3) is 0.353. The highest BCUT2D eigenvalue weighted by molar-refractivity contribution is 7.12. The van der Waals surface area contributed by atoms with Gasteiger partial charge in [-0.05, 0) is 36.4 Å². The predicted octanol–water partition coefficient (Wildman–Crippen LogP) is 2.55. The highest BCUT2D eigenvalue weighted by Gasteiger charge is 2.45. The first-order valence-electron chi connectivity index (χ1n) is 7.82. The zero-order chi connectivity index (χ0) is 15.8. The Hall–Kier alpha value is -2.21. The summed E-state index contributed by atoms with van der Waals surface area (Å²) >= 11 is 1.47. The van der Waals surface area contributed by atoms with Gasteiger partial charge in [0, 0.05) is 19.2 Å². The van der Waals surface area contributed by atoms with Crippen LogP contribution in [0.4, 0.5) is 5.69 Å². The molecular weight excluding hydrogens is 310 g/mol. The molecule has 0 saturated carbocycles. The van der Waals surface area contributed by atoms with Crippen LogP contribution in [0.25, 0.3) is 0 Å². The number of hydrogen-bond donors (Lipinski definition) is 0. The second-order valence-corrected chi connectivity index (χ2v) is 6.86. The van der Waals surface area contributed by atoms with Crippen LogP contribution in [0, 0.1) is 0 Å². The van der Waals surface area contributed by atoms with E-state index in [9.17, 15) is 9.59 Å². The summed E-state index contributed by atoms with van der Waals surface area (Å²) < 4.78 is 0. The lowest BCUT2D eigenvalue weighted by atomic mass is 9.95. The van der Waals surface area contributed by atoms with Gasteiger partial charge in [-0.25, -0.2) is 0 Å². The van der Waals surface area contributed by atoms with Gasteiger partial charge in [0.25, 0.3) is 5.91 Å². The largest absolute Gasteiger partial charge is 0.333 e. The molecule has 2 aliphatic rings. The maximum Gasteiger partial charge on any atom is 0.264 e. The molecule has 0 aliphatic carbocycles. The van der Waals surface area contributed by atoms with Crippen LogP contribution in [0.15, 0.2) is 42.0 Å². The van der Waals surface area contributed by atoms with Crippen LogP contribution in [0.3, 0.4) is 0 Å². The van der Waals surface area contributed by atoms with Crippen molar-refractivity contribution in [3.8, 4) is 0 Å². The number of carbonyl (C=O) groups is 2. The van der Waals surface area contributed by atoms with E-state index >= 15 is 0 Å². The number of anilines is 1. The monoisotopic (exact) mass is 327 g/mol. The summed E-state index contributed by atoms with van der Waals surface area (Å²) in [5.74, 6) is 0.220. The van der Waals surface area contributed by atoms with E-state index in [1.165, 1.54) is 11.3 Å². The first-order valence-corrected chi connectivity index (χ1v) is 8.70. The summed E-state index contributed by atoms with van der Waals surface area (Å²) in [5.41, 5.74) is 0.831. The van der Waals surface area contributed by atoms with E-state index in [4.69, 9.17) is 0 Å². The van der Waals surface area contributed by atoms with Crippen molar-refractivity contribution in [1.29, 1.82) is 0 Å². The average Bonchev–Trinajstić information content (AvgIpc) is 3.24. The molecule has 4 heterocycles. The predicted molar refractivity (Wildman–Crippen MR) is 88.5 cm³/mol. The maximum absolute atomic E-state index is 12.7. The van der Waals surface area contributed by atoms with Gasteiger partial charge in [-0.2, -0.15) is 0 Å². The number of piperidine rings is 1. The van der Waals surface area contributed by atoms with E-state index in [1.54, 1.807) is 12.4 Å². The molecule has 0 unspecified atom stereocenters. The van der Waals surface area contributed by atoms with E-state index in [1.807, 2.05) is 39.4 Å². The van der Waals surface area contributed by atoms with Crippen LogP contribution in [-0.4, -0.2) is 40.3 Å². The fourth-order valence-electron chi connectivity index (χ4n) is 3.69. The first-order chi connectivity index (χ1) is 11.3. The van der Waals surface area contributed by atoms with E-state index < -0.39 is 0 Å². The van der Waals surface area contributed by atoms with Crippen LogP contribution in [0.5, 0.6) is 0 Å². The molecule has 0 N–H and O–H groups in total. The second-order valence-electron chi connectivity index (χ2n) is 5.91. The van der Waals surface area contributed by atoms with Crippen molar-refractivity contribution >= 4 is 28.8 Å². The van der Waals surface area contributed by atoms with Crippen LogP contribution in [0.1, 0.15) is 28.9 Å². The highest BCUT2D eigenvalue weighted by Crippen LogP contribution is 2.35. The molecule has 2 fully saturated rings. The van der Waals surface area contributed by atoms with E-state index in [-0.39, 0.29) is 23.9 Å². The summed E-state index contributed by atoms with van der Waals surface area (Å²) in [7, 11) is 0. The van der Waals surface area contributed by atoms with E-state index in [0.717, 1.165) is 23.4 Å². The molecule has 2 amide bonds. The Morgan fingerprint density at radius 3 is 2.87 bits per heavy atom. The minimum Gasteiger partial charge on any atom is -0.333 e. The number of rotatable bonds is 2. The van der Waals surface area contributed by atoms with Crippen molar-refractivity contribution in [1.82, 2.24) is 9.88 Å². The van der Waals surface area contributed by atoms with Gasteiger partial charge in [0.05, 0.1) is 28.8 Å². The summed E-state index contributed by atoms with van der Waals surface area (Å²) in [6.07, 6.45) is 5.48. The molecule has 6 heteroatoms. The Labute approximate surface area is 138 Å². The lowest BCUT2D eigenvalue weighted by molar-refractivity contribution is -0.120. The Morgan fingerprint density at radius 1 is 1.22 bits per heavy atom. The Morgan fingerprint density at radius 2 is 2.13 bits per heavy atom. The number of thiophene rings is 1. The molecule has 2 aliphatic heterocycles. The molecule has 23 heavy (non-hydrogen) atoms. The van der Waals surface area contributed by atoms with Crippen molar-refractivity contribution in [2.24, 2.45) is 0 Å². The molecule has 4 rings (SSSR count). The molecule has 2 aromatic heterocycles. The SMILES string of the molecule is O=C(c1cccs1)N1CC[C@H]2[C@@H]1CCC(=O)N2c1cccnc1. The third-order valence-electron chi connectivity index (χ3n) is 4.68. The number of pyridine rings is 1. The quantitative estimate of drug-likeness (QED) is 0.852. The fourth-order valence-corrected chi connectivity index (χ4v) is 4.37. The lowest BCUT2D eigenvalue weighted by Crippen LogP contribution is -2.53. The third-order valence-corrected chi connectivity index (χ3v) is 5.54. The minimum atomic E-state index is 0.0596. The summed E-state index contributed by atoms with van der Waals surface area (Å²) in [6, 6.07) is 7.68. The van der Waals surface area contributed by atoms with Crippen LogP contribution in [-0.2, 0) is 4.79 Å². The minimum absolute atomic E-state index is 0.0596. The number of likely N-dealkylation sites (tertiary alicyclic amines) is 1. The van der Waals surface area contributed by atoms with Crippen molar-refractivity contribution < 1.29 is 9.59 Å². The van der Waals surface area contributed by atoms with E-state index in [2.05, 4.69) is 4.98 Å². The van der Waals surface area contributed by atoms with Crippen molar-refractivity contribution in [2.45, 2.75) is 31.3 Å². The number of carbonyl (C=O) groups excluding carboxylic acids is 2. The maximum atomic E-state index is 12.7. The van der Waals surface area contributed by atoms with Gasteiger partial charge < -0.3 is 9.80 Å². The Bertz CT molecular complexity index is 717. The van der Waals surface area contributed by atoms with Gasteiger partial charge in [0.15, 0.2) is 0 Å². The Balaban J connectivity index is 1.62. The number of aromatic nitrogens is 1. The third kappa shape index (κ3) is 2.43. The zero-order valence-corrected chi connectivity index (χ0v) is 13.4. The zero-order valence-electron chi connectivity index (χ0n) is 12.6. The smallest absolute Gasteiger partial charge is 0.264 e. The van der Waals surface area contributed by atoms with Crippen LogP contribution in [0.2, 0.25) is 0 Å². The number of fused-ring (bicyclic) bond motifs is 1. The molecule has 5 nitrogen and oxygen atoms in total. The molecule has 2 atom stereocenters. The Kier molecular flexibility index (Phi) is 3.61. The molecule has 2 aromatic rings. The standard InChI is InChI=1S/C17H17N3O2S/c21-16-6-5-13-14(20(16)12-3-1-8-18-11-12)7-9-19(13)17(22)15-4-2-10-23-15/h1-4,8,10-11,13-14H,5-7,9H2/t13-,14-/m0/s1. The number of hydrogen-bond acceptors (Lipinski definition) is 4. The van der Waals surface area contributed by atoms with Gasteiger partial charge in [0.2, 0.25) is 5.91 Å². The van der Waals surface area contributed by atoms with Crippen molar-refractivity contribution in [3.63, 3.8) is 0 Å². The van der Waals surface area contributed by atoms with Gasteiger partial charge in [0.1, 0.15) is 0 Å². The van der Waals surface area contributed by atoms with E-state index in [0.29, 0.717) is 13.0 Å². The van der Waals surface area contributed by atoms with Crippen molar-refractivity contribution in [2.75, 3.05) is 11.4 Å². The topological polar surface area (TPSA) is 53.5 Å². The van der Waals surface area contributed by atoms with Crippen LogP contribution >= 0.6 is 11.3 Å².